The van der Waals surface area contributed by atoms with Crippen LogP contribution in [0.15, 0.2) is 0 Å². The maximum absolute atomic E-state index is 9.86. The molecule has 0 radical (unpaired) electrons. The Morgan fingerprint density at radius 2 is 1.88 bits per heavy atom. The topological polar surface area (TPSA) is 32.3 Å². The van der Waals surface area contributed by atoms with Crippen molar-refractivity contribution in [3.8, 4) is 0 Å². The Hall–Kier alpha value is -0.0800. The highest BCUT2D eigenvalue weighted by Crippen LogP contribution is 2.29. The largest absolute Gasteiger partial charge is 0.392 e. The molecule has 2 heteroatoms. The van der Waals surface area contributed by atoms with Crippen molar-refractivity contribution in [2.45, 2.75) is 71.9 Å². The van der Waals surface area contributed by atoms with Gasteiger partial charge in [0.05, 0.1) is 6.10 Å². The van der Waals surface area contributed by atoms with Gasteiger partial charge < -0.3 is 10.4 Å². The Balaban J connectivity index is 2.22. The van der Waals surface area contributed by atoms with E-state index in [0.29, 0.717) is 12.0 Å². The Labute approximate surface area is 107 Å². The molecule has 0 aromatic rings. The molecule has 0 aromatic carbocycles. The van der Waals surface area contributed by atoms with E-state index < -0.39 is 0 Å². The van der Waals surface area contributed by atoms with E-state index in [0.717, 1.165) is 24.8 Å². The minimum Gasteiger partial charge on any atom is -0.392 e. The first kappa shape index (κ1) is 15.0. The third-order valence-corrected chi connectivity index (χ3v) is 4.04. The first-order valence-electron chi connectivity index (χ1n) is 7.40. The summed E-state index contributed by atoms with van der Waals surface area (Å²) in [6.07, 6.45) is 6.07. The van der Waals surface area contributed by atoms with Crippen molar-refractivity contribution in [1.29, 1.82) is 0 Å². The van der Waals surface area contributed by atoms with E-state index in [1.807, 2.05) is 0 Å². The van der Waals surface area contributed by atoms with E-state index in [4.69, 9.17) is 0 Å². The molecule has 0 amide bonds. The van der Waals surface area contributed by atoms with Gasteiger partial charge in [-0.3, -0.25) is 0 Å². The molecule has 0 aliphatic heterocycles. The smallest absolute Gasteiger partial charge is 0.0667 e. The summed E-state index contributed by atoms with van der Waals surface area (Å²) >= 11 is 0. The van der Waals surface area contributed by atoms with E-state index in [-0.39, 0.29) is 6.10 Å². The van der Waals surface area contributed by atoms with Gasteiger partial charge in [0.1, 0.15) is 0 Å². The molecule has 0 aromatic heterocycles. The number of aliphatic hydroxyl groups excluding tert-OH is 1. The fourth-order valence-electron chi connectivity index (χ4n) is 2.95. The molecule has 2 nitrogen and oxygen atoms in total. The van der Waals surface area contributed by atoms with Gasteiger partial charge in [0.15, 0.2) is 0 Å². The van der Waals surface area contributed by atoms with Gasteiger partial charge in [-0.25, -0.2) is 0 Å². The summed E-state index contributed by atoms with van der Waals surface area (Å²) in [5.41, 5.74) is 0. The van der Waals surface area contributed by atoms with E-state index in [1.165, 1.54) is 25.7 Å². The average Bonchev–Trinajstić information content (AvgIpc) is 2.26. The van der Waals surface area contributed by atoms with Crippen LogP contribution in [0.5, 0.6) is 0 Å². The van der Waals surface area contributed by atoms with Crippen molar-refractivity contribution in [3.63, 3.8) is 0 Å². The number of hydrogen-bond acceptors (Lipinski definition) is 2. The lowest BCUT2D eigenvalue weighted by Gasteiger charge is -2.32. The number of nitrogens with one attached hydrogen (secondary N) is 1. The summed E-state index contributed by atoms with van der Waals surface area (Å²) in [6, 6.07) is 0.637. The summed E-state index contributed by atoms with van der Waals surface area (Å²) in [4.78, 5) is 0. The second kappa shape index (κ2) is 7.38. The average molecular weight is 241 g/mol. The summed E-state index contributed by atoms with van der Waals surface area (Å²) in [5.74, 6) is 2.27. The molecule has 2 N–H and O–H groups in total. The Kier molecular flexibility index (Phi) is 6.50. The molecule has 102 valence electrons. The van der Waals surface area contributed by atoms with Crippen LogP contribution in [0.25, 0.3) is 0 Å². The molecule has 17 heavy (non-hydrogen) atoms. The number of rotatable bonds is 6. The summed E-state index contributed by atoms with van der Waals surface area (Å²) < 4.78 is 0. The molecular formula is C15H31NO. The molecule has 1 fully saturated rings. The maximum atomic E-state index is 9.86. The molecule has 0 saturated heterocycles. The van der Waals surface area contributed by atoms with Crippen molar-refractivity contribution in [2.75, 3.05) is 6.54 Å². The van der Waals surface area contributed by atoms with Gasteiger partial charge in [-0.15, -0.1) is 0 Å². The monoisotopic (exact) mass is 241 g/mol. The molecule has 1 saturated carbocycles. The van der Waals surface area contributed by atoms with Crippen LogP contribution in [0.4, 0.5) is 0 Å². The fraction of sp³-hybridized carbons (Fsp3) is 1.00. The zero-order valence-electron chi connectivity index (χ0n) is 12.1. The molecule has 1 rings (SSSR count). The number of hydrogen-bond donors (Lipinski definition) is 2. The van der Waals surface area contributed by atoms with Gasteiger partial charge in [-0.05, 0) is 37.0 Å². The Bertz CT molecular complexity index is 203. The van der Waals surface area contributed by atoms with Gasteiger partial charge in [0, 0.05) is 12.6 Å². The maximum Gasteiger partial charge on any atom is 0.0667 e. The van der Waals surface area contributed by atoms with Crippen molar-refractivity contribution in [3.05, 3.63) is 0 Å². The van der Waals surface area contributed by atoms with Crippen LogP contribution >= 0.6 is 0 Å². The van der Waals surface area contributed by atoms with E-state index >= 15 is 0 Å². The highest BCUT2D eigenvalue weighted by atomic mass is 16.3. The summed E-state index contributed by atoms with van der Waals surface area (Å²) in [7, 11) is 0. The lowest BCUT2D eigenvalue weighted by atomic mass is 9.79. The fourth-order valence-corrected chi connectivity index (χ4v) is 2.95. The van der Waals surface area contributed by atoms with Crippen LogP contribution in [-0.2, 0) is 0 Å². The van der Waals surface area contributed by atoms with Crippen LogP contribution in [-0.4, -0.2) is 23.8 Å². The standard InChI is InChI=1S/C15H31NO/c1-11(2)8-15(17)10-16-14-7-5-6-13(9-14)12(3)4/h11-17H,5-10H2,1-4H3. The molecule has 3 unspecified atom stereocenters. The van der Waals surface area contributed by atoms with Gasteiger partial charge in [-0.1, -0.05) is 40.5 Å². The number of aliphatic hydroxyl groups is 1. The third-order valence-electron chi connectivity index (χ3n) is 4.04. The Morgan fingerprint density at radius 3 is 2.47 bits per heavy atom. The molecule has 3 atom stereocenters. The zero-order valence-corrected chi connectivity index (χ0v) is 12.1. The lowest BCUT2D eigenvalue weighted by molar-refractivity contribution is 0.133. The third kappa shape index (κ3) is 5.87. The summed E-state index contributed by atoms with van der Waals surface area (Å²) in [6.45, 7) is 9.77. The predicted molar refractivity (Wildman–Crippen MR) is 74.0 cm³/mol. The van der Waals surface area contributed by atoms with Crippen LogP contribution in [0, 0.1) is 17.8 Å². The quantitative estimate of drug-likeness (QED) is 0.748. The van der Waals surface area contributed by atoms with E-state index in [1.54, 1.807) is 0 Å². The molecular weight excluding hydrogens is 210 g/mol. The zero-order chi connectivity index (χ0) is 12.8. The van der Waals surface area contributed by atoms with Gasteiger partial charge in [-0.2, -0.15) is 0 Å². The molecule has 0 heterocycles. The van der Waals surface area contributed by atoms with Crippen molar-refractivity contribution in [1.82, 2.24) is 5.32 Å². The normalized spacial score (nSPS) is 27.7. The van der Waals surface area contributed by atoms with Crippen molar-refractivity contribution >= 4 is 0 Å². The minimum absolute atomic E-state index is 0.172. The molecule has 1 aliphatic rings. The molecule has 1 aliphatic carbocycles. The SMILES string of the molecule is CC(C)CC(O)CNC1CCCC(C(C)C)C1. The first-order valence-corrected chi connectivity index (χ1v) is 7.40. The van der Waals surface area contributed by atoms with E-state index in [2.05, 4.69) is 33.0 Å². The second-order valence-corrected chi connectivity index (χ2v) is 6.56. The predicted octanol–water partition coefficient (Wildman–Crippen LogP) is 3.20. The summed E-state index contributed by atoms with van der Waals surface area (Å²) in [5, 5.41) is 13.4. The van der Waals surface area contributed by atoms with Crippen molar-refractivity contribution < 1.29 is 5.11 Å². The van der Waals surface area contributed by atoms with Crippen LogP contribution < -0.4 is 5.32 Å². The second-order valence-electron chi connectivity index (χ2n) is 6.56. The Morgan fingerprint density at radius 1 is 1.18 bits per heavy atom. The van der Waals surface area contributed by atoms with Crippen LogP contribution in [0.2, 0.25) is 0 Å². The minimum atomic E-state index is -0.172. The highest BCUT2D eigenvalue weighted by molar-refractivity contribution is 4.80. The van der Waals surface area contributed by atoms with Crippen LogP contribution in [0.1, 0.15) is 59.8 Å². The van der Waals surface area contributed by atoms with Crippen molar-refractivity contribution in [2.24, 2.45) is 17.8 Å². The van der Waals surface area contributed by atoms with E-state index in [9.17, 15) is 5.11 Å². The lowest BCUT2D eigenvalue weighted by Crippen LogP contribution is -2.39. The highest BCUT2D eigenvalue weighted by Gasteiger charge is 2.24. The first-order chi connectivity index (χ1) is 7.99. The molecule has 0 bridgehead atoms. The van der Waals surface area contributed by atoms with Gasteiger partial charge in [0.2, 0.25) is 0 Å². The molecule has 0 spiro atoms. The van der Waals surface area contributed by atoms with Gasteiger partial charge >= 0.3 is 0 Å². The van der Waals surface area contributed by atoms with Gasteiger partial charge in [0.25, 0.3) is 0 Å². The van der Waals surface area contributed by atoms with Crippen LogP contribution in [0.3, 0.4) is 0 Å².